The van der Waals surface area contributed by atoms with E-state index in [1.165, 1.54) is 30.2 Å². The Hall–Kier alpha value is -3.69. The molecule has 0 saturated carbocycles. The zero-order chi connectivity index (χ0) is 25.7. The average Bonchev–Trinajstić information content (AvgIpc) is 3.47. The van der Waals surface area contributed by atoms with Crippen molar-refractivity contribution in [2.24, 2.45) is 0 Å². The Morgan fingerprint density at radius 2 is 1.89 bits per heavy atom. The summed E-state index contributed by atoms with van der Waals surface area (Å²) in [5.41, 5.74) is 5.15. The largest absolute Gasteiger partial charge is 0.465 e. The summed E-state index contributed by atoms with van der Waals surface area (Å²) in [5.74, 6) is 0.0630. The average molecular weight is 519 g/mol. The van der Waals surface area contributed by atoms with Gasteiger partial charge in [0.25, 0.3) is 0 Å². The van der Waals surface area contributed by atoms with Crippen LogP contribution < -0.4 is 5.32 Å². The summed E-state index contributed by atoms with van der Waals surface area (Å²) in [5, 5.41) is 14.5. The molecule has 2 aromatic heterocycles. The fraction of sp³-hybridized carbons (Fsp3) is 0.185. The number of esters is 1. The first kappa shape index (κ1) is 25.4. The quantitative estimate of drug-likeness (QED) is 0.166. The molecule has 0 spiro atoms. The number of aromatic nitrogens is 3. The Labute approximate surface area is 218 Å². The van der Waals surface area contributed by atoms with Crippen molar-refractivity contribution in [2.45, 2.75) is 25.5 Å². The van der Waals surface area contributed by atoms with Gasteiger partial charge in [-0.2, -0.15) is 0 Å². The molecule has 36 heavy (non-hydrogen) atoms. The van der Waals surface area contributed by atoms with Crippen LogP contribution in [-0.2, 0) is 16.1 Å². The number of benzene rings is 2. The van der Waals surface area contributed by atoms with E-state index in [-0.39, 0.29) is 11.7 Å². The molecule has 1 N–H and O–H groups in total. The summed E-state index contributed by atoms with van der Waals surface area (Å²) < 4.78 is 6.94. The van der Waals surface area contributed by atoms with E-state index in [9.17, 15) is 9.59 Å². The third-order valence-corrected chi connectivity index (χ3v) is 7.30. The van der Waals surface area contributed by atoms with Crippen LogP contribution in [0.1, 0.15) is 21.5 Å². The molecule has 4 aromatic rings. The van der Waals surface area contributed by atoms with Crippen molar-refractivity contribution in [1.29, 1.82) is 0 Å². The second-order valence-electron chi connectivity index (χ2n) is 8.12. The van der Waals surface area contributed by atoms with Gasteiger partial charge in [-0.1, -0.05) is 71.4 Å². The number of hydrogen-bond acceptors (Lipinski definition) is 7. The molecule has 2 heterocycles. The van der Waals surface area contributed by atoms with Crippen molar-refractivity contribution < 1.29 is 14.3 Å². The smallest absolute Gasteiger partial charge is 0.341 e. The van der Waals surface area contributed by atoms with Crippen LogP contribution in [0.5, 0.6) is 0 Å². The molecule has 0 saturated heterocycles. The van der Waals surface area contributed by atoms with Gasteiger partial charge in [0.05, 0.1) is 12.9 Å². The topological polar surface area (TPSA) is 86.1 Å². The lowest BCUT2D eigenvalue weighted by molar-refractivity contribution is -0.113. The standard InChI is InChI=1S/C27H26N4O3S2/c1-5-13-31-24(20-8-6-7-18(3)14-20)29-30-27(31)36-16-22(32)28-25-23(26(33)34-4)21(15-35-25)19-11-9-17(2)10-12-19/h5-12,14-15H,1,13,16H2,2-4H3,(H,28,32). The number of thioether (sulfide) groups is 1. The van der Waals surface area contributed by atoms with Crippen LogP contribution in [0.15, 0.2) is 71.7 Å². The summed E-state index contributed by atoms with van der Waals surface area (Å²) in [6.07, 6.45) is 1.77. The monoisotopic (exact) mass is 518 g/mol. The Balaban J connectivity index is 1.52. The Kier molecular flexibility index (Phi) is 8.02. The van der Waals surface area contributed by atoms with E-state index in [4.69, 9.17) is 4.74 Å². The Morgan fingerprint density at radius 1 is 1.11 bits per heavy atom. The van der Waals surface area contributed by atoms with E-state index in [2.05, 4.69) is 22.1 Å². The van der Waals surface area contributed by atoms with Crippen molar-refractivity contribution in [3.05, 3.63) is 83.3 Å². The second kappa shape index (κ2) is 11.4. The number of nitrogens with zero attached hydrogens (tertiary/aromatic N) is 3. The maximum atomic E-state index is 12.9. The van der Waals surface area contributed by atoms with Crippen molar-refractivity contribution in [1.82, 2.24) is 14.8 Å². The zero-order valence-corrected chi connectivity index (χ0v) is 21.9. The van der Waals surface area contributed by atoms with Crippen molar-refractivity contribution in [2.75, 3.05) is 18.2 Å². The number of aryl methyl sites for hydroxylation is 2. The Morgan fingerprint density at radius 3 is 2.58 bits per heavy atom. The van der Waals surface area contributed by atoms with Gasteiger partial charge < -0.3 is 10.1 Å². The van der Waals surface area contributed by atoms with Gasteiger partial charge in [0.2, 0.25) is 5.91 Å². The molecule has 184 valence electrons. The minimum atomic E-state index is -0.497. The number of nitrogens with one attached hydrogen (secondary N) is 1. The minimum absolute atomic E-state index is 0.0987. The van der Waals surface area contributed by atoms with E-state index >= 15 is 0 Å². The number of amides is 1. The van der Waals surface area contributed by atoms with E-state index in [0.29, 0.717) is 22.3 Å². The number of carbonyl (C=O) groups excluding carboxylic acids is 2. The van der Waals surface area contributed by atoms with E-state index < -0.39 is 5.97 Å². The summed E-state index contributed by atoms with van der Waals surface area (Å²) in [7, 11) is 1.33. The number of carbonyl (C=O) groups is 2. The van der Waals surface area contributed by atoms with Gasteiger partial charge in [-0.3, -0.25) is 9.36 Å². The highest BCUT2D eigenvalue weighted by Gasteiger charge is 2.23. The normalized spacial score (nSPS) is 10.8. The molecule has 0 aliphatic rings. The molecule has 7 nitrogen and oxygen atoms in total. The number of ether oxygens (including phenoxy) is 1. The lowest BCUT2D eigenvalue weighted by Crippen LogP contribution is -2.16. The first-order valence-electron chi connectivity index (χ1n) is 11.2. The van der Waals surface area contributed by atoms with Crippen molar-refractivity contribution in [3.63, 3.8) is 0 Å². The molecule has 0 fully saturated rings. The molecule has 0 aliphatic heterocycles. The molecule has 4 rings (SSSR count). The van der Waals surface area contributed by atoms with Gasteiger partial charge in [0.1, 0.15) is 10.6 Å². The fourth-order valence-electron chi connectivity index (χ4n) is 3.68. The van der Waals surface area contributed by atoms with E-state index in [1.54, 1.807) is 6.08 Å². The molecular weight excluding hydrogens is 492 g/mol. The molecular formula is C27H26N4O3S2. The molecule has 0 bridgehead atoms. The molecule has 2 aromatic carbocycles. The van der Waals surface area contributed by atoms with E-state index in [0.717, 1.165) is 33.6 Å². The lowest BCUT2D eigenvalue weighted by Gasteiger charge is -2.09. The third-order valence-electron chi connectivity index (χ3n) is 5.43. The molecule has 1 amide bonds. The first-order chi connectivity index (χ1) is 17.4. The SMILES string of the molecule is C=CCn1c(SCC(=O)Nc2scc(-c3ccc(C)cc3)c2C(=O)OC)nnc1-c1cccc(C)c1. The number of allylic oxidation sites excluding steroid dienone is 1. The van der Waals surface area contributed by atoms with Crippen LogP contribution in [0.4, 0.5) is 5.00 Å². The summed E-state index contributed by atoms with van der Waals surface area (Å²) in [6, 6.07) is 15.9. The first-order valence-corrected chi connectivity index (χ1v) is 13.1. The fourth-order valence-corrected chi connectivity index (χ4v) is 5.40. The van der Waals surface area contributed by atoms with Gasteiger partial charge in [0.15, 0.2) is 11.0 Å². The second-order valence-corrected chi connectivity index (χ2v) is 9.95. The van der Waals surface area contributed by atoms with Crippen LogP contribution in [0.2, 0.25) is 0 Å². The number of anilines is 1. The number of methoxy groups -OCH3 is 1. The van der Waals surface area contributed by atoms with Gasteiger partial charge in [-0.25, -0.2) is 4.79 Å². The van der Waals surface area contributed by atoms with Crippen LogP contribution in [0.25, 0.3) is 22.5 Å². The highest BCUT2D eigenvalue weighted by molar-refractivity contribution is 7.99. The summed E-state index contributed by atoms with van der Waals surface area (Å²) in [6.45, 7) is 8.38. The molecule has 0 radical (unpaired) electrons. The van der Waals surface area contributed by atoms with Crippen LogP contribution in [0, 0.1) is 13.8 Å². The van der Waals surface area contributed by atoms with Gasteiger partial charge in [-0.15, -0.1) is 28.1 Å². The predicted molar refractivity (Wildman–Crippen MR) is 146 cm³/mol. The third kappa shape index (κ3) is 5.58. The molecule has 9 heteroatoms. The number of hydrogen-bond donors (Lipinski definition) is 1. The highest BCUT2D eigenvalue weighted by Crippen LogP contribution is 2.36. The van der Waals surface area contributed by atoms with Crippen molar-refractivity contribution in [3.8, 4) is 22.5 Å². The lowest BCUT2D eigenvalue weighted by atomic mass is 10.0. The molecule has 0 unspecified atom stereocenters. The number of thiophene rings is 1. The molecule has 0 aliphatic carbocycles. The number of rotatable bonds is 9. The predicted octanol–water partition coefficient (Wildman–Crippen LogP) is 5.99. The summed E-state index contributed by atoms with van der Waals surface area (Å²) >= 11 is 2.57. The Bertz CT molecular complexity index is 1410. The molecule has 0 atom stereocenters. The van der Waals surface area contributed by atoms with Gasteiger partial charge in [-0.05, 0) is 25.5 Å². The van der Waals surface area contributed by atoms with Gasteiger partial charge >= 0.3 is 5.97 Å². The van der Waals surface area contributed by atoms with Crippen LogP contribution >= 0.6 is 23.1 Å². The van der Waals surface area contributed by atoms with Crippen LogP contribution in [-0.4, -0.2) is 39.5 Å². The summed E-state index contributed by atoms with van der Waals surface area (Å²) in [4.78, 5) is 25.5. The van der Waals surface area contributed by atoms with Gasteiger partial charge in [0, 0.05) is 23.1 Å². The van der Waals surface area contributed by atoms with Crippen LogP contribution in [0.3, 0.4) is 0 Å². The van der Waals surface area contributed by atoms with E-state index in [1.807, 2.05) is 72.3 Å². The highest BCUT2D eigenvalue weighted by atomic mass is 32.2. The maximum Gasteiger partial charge on any atom is 0.341 e. The van der Waals surface area contributed by atoms with Crippen molar-refractivity contribution >= 4 is 40.0 Å². The zero-order valence-electron chi connectivity index (χ0n) is 20.3. The maximum absolute atomic E-state index is 12.9. The minimum Gasteiger partial charge on any atom is -0.465 e.